The second kappa shape index (κ2) is 7.13. The summed E-state index contributed by atoms with van der Waals surface area (Å²) >= 11 is 17.9. The van der Waals surface area contributed by atoms with E-state index in [0.29, 0.717) is 32.1 Å². The Kier molecular flexibility index (Phi) is 4.94. The number of rotatable bonds is 4. The lowest BCUT2D eigenvalue weighted by Crippen LogP contribution is -2.29. The molecule has 3 aromatic rings. The third-order valence-corrected chi connectivity index (χ3v) is 4.01. The Hall–Kier alpha value is -2.21. The van der Waals surface area contributed by atoms with Crippen molar-refractivity contribution in [2.45, 2.75) is 0 Å². The first-order valence-corrected chi connectivity index (χ1v) is 7.99. The molecule has 0 saturated heterocycles. The second-order valence-electron chi connectivity index (χ2n) is 4.86. The number of hydrogen-bond donors (Lipinski definition) is 3. The highest BCUT2D eigenvalue weighted by Gasteiger charge is 2.13. The molecule has 1 heterocycles. The fraction of sp³-hybridized carbons (Fsp3) is 0. The van der Waals surface area contributed by atoms with Crippen LogP contribution in [0.2, 0.25) is 15.1 Å². The maximum absolute atomic E-state index is 12.2. The van der Waals surface area contributed by atoms with E-state index in [-0.39, 0.29) is 0 Å². The Morgan fingerprint density at radius 1 is 1.00 bits per heavy atom. The van der Waals surface area contributed by atoms with Crippen molar-refractivity contribution in [3.63, 3.8) is 0 Å². The van der Waals surface area contributed by atoms with Gasteiger partial charge in [0.15, 0.2) is 0 Å². The number of halogens is 3. The van der Waals surface area contributed by atoms with Gasteiger partial charge in [-0.2, -0.15) is 5.10 Å². The van der Waals surface area contributed by atoms with E-state index in [1.165, 1.54) is 12.1 Å². The molecule has 122 valence electrons. The summed E-state index contributed by atoms with van der Waals surface area (Å²) in [6.45, 7) is 0. The van der Waals surface area contributed by atoms with Crippen molar-refractivity contribution in [1.29, 1.82) is 0 Å². The van der Waals surface area contributed by atoms with Crippen LogP contribution in [0.3, 0.4) is 0 Å². The fourth-order valence-corrected chi connectivity index (χ4v) is 2.95. The highest BCUT2D eigenvalue weighted by Crippen LogP contribution is 2.33. The maximum Gasteiger partial charge on any atom is 0.287 e. The summed E-state index contributed by atoms with van der Waals surface area (Å²) in [5, 5.41) is 7.81. The first-order valence-electron chi connectivity index (χ1n) is 6.86. The van der Waals surface area contributed by atoms with Crippen LogP contribution >= 0.6 is 34.8 Å². The number of H-pyrrole nitrogens is 1. The molecule has 0 saturated carbocycles. The Balaban J connectivity index is 1.71. The number of aromatic amines is 1. The van der Waals surface area contributed by atoms with Crippen LogP contribution in [-0.4, -0.2) is 16.1 Å². The molecule has 0 aliphatic rings. The zero-order valence-corrected chi connectivity index (χ0v) is 14.4. The zero-order chi connectivity index (χ0) is 17.1. The smallest absolute Gasteiger partial charge is 0.287 e. The van der Waals surface area contributed by atoms with Crippen molar-refractivity contribution in [3.05, 3.63) is 69.3 Å². The zero-order valence-electron chi connectivity index (χ0n) is 12.1. The molecular formula is C16H11Cl3N4O. The van der Waals surface area contributed by atoms with Crippen molar-refractivity contribution < 1.29 is 4.79 Å². The first-order chi connectivity index (χ1) is 11.5. The van der Waals surface area contributed by atoms with Crippen molar-refractivity contribution in [1.82, 2.24) is 15.6 Å². The van der Waals surface area contributed by atoms with Gasteiger partial charge in [-0.05, 0) is 18.2 Å². The number of carbonyl (C=O) groups excluding carboxylic acids is 1. The number of hydrogen-bond acceptors (Lipinski definition) is 3. The van der Waals surface area contributed by atoms with Crippen LogP contribution in [0.5, 0.6) is 0 Å². The van der Waals surface area contributed by atoms with Crippen LogP contribution < -0.4 is 10.9 Å². The van der Waals surface area contributed by atoms with Crippen LogP contribution in [0.4, 0.5) is 5.69 Å². The minimum Gasteiger partial charge on any atom is -0.295 e. The summed E-state index contributed by atoms with van der Waals surface area (Å²) < 4.78 is 0. The Bertz CT molecular complexity index is 857. The Morgan fingerprint density at radius 3 is 2.33 bits per heavy atom. The minimum absolute atomic E-state index is 0.294. The van der Waals surface area contributed by atoms with Crippen LogP contribution in [0, 0.1) is 0 Å². The largest absolute Gasteiger partial charge is 0.295 e. The molecule has 0 spiro atoms. The van der Waals surface area contributed by atoms with Gasteiger partial charge in [-0.15, -0.1) is 0 Å². The van der Waals surface area contributed by atoms with Crippen LogP contribution in [0.1, 0.15) is 10.5 Å². The highest BCUT2D eigenvalue weighted by molar-refractivity contribution is 6.41. The van der Waals surface area contributed by atoms with Crippen LogP contribution in [0.25, 0.3) is 11.3 Å². The normalized spacial score (nSPS) is 10.5. The molecule has 24 heavy (non-hydrogen) atoms. The van der Waals surface area contributed by atoms with Crippen molar-refractivity contribution in [2.24, 2.45) is 0 Å². The van der Waals surface area contributed by atoms with Crippen molar-refractivity contribution >= 4 is 46.4 Å². The molecule has 1 aromatic heterocycles. The van der Waals surface area contributed by atoms with E-state index in [0.717, 1.165) is 5.56 Å². The number of hydrazine groups is 1. The number of benzene rings is 2. The van der Waals surface area contributed by atoms with Gasteiger partial charge in [0.2, 0.25) is 0 Å². The summed E-state index contributed by atoms with van der Waals surface area (Å²) in [4.78, 5) is 12.2. The average Bonchev–Trinajstić information content (AvgIpc) is 3.04. The van der Waals surface area contributed by atoms with Gasteiger partial charge in [0.05, 0.1) is 21.4 Å². The predicted octanol–water partition coefficient (Wildman–Crippen LogP) is 4.79. The van der Waals surface area contributed by atoms with E-state index in [1.54, 1.807) is 6.07 Å². The van der Waals surface area contributed by atoms with Gasteiger partial charge in [0.1, 0.15) is 5.69 Å². The Morgan fingerprint density at radius 2 is 1.67 bits per heavy atom. The molecule has 0 fully saturated rings. The molecule has 2 aromatic carbocycles. The van der Waals surface area contributed by atoms with Crippen molar-refractivity contribution in [3.8, 4) is 11.3 Å². The minimum atomic E-state index is -0.410. The Labute approximate surface area is 152 Å². The third-order valence-electron chi connectivity index (χ3n) is 3.20. The van der Waals surface area contributed by atoms with E-state index in [4.69, 9.17) is 34.8 Å². The molecule has 8 heteroatoms. The van der Waals surface area contributed by atoms with Gasteiger partial charge in [0, 0.05) is 10.6 Å². The number of nitrogens with one attached hydrogen (secondary N) is 3. The first kappa shape index (κ1) is 16.6. The SMILES string of the molecule is O=C(NNc1c(Cl)cc(Cl)cc1Cl)c1cc(-c2ccccc2)n[nH]1. The molecule has 0 aliphatic carbocycles. The molecule has 0 unspecified atom stereocenters. The number of nitrogens with zero attached hydrogens (tertiary/aromatic N) is 1. The molecule has 0 radical (unpaired) electrons. The molecule has 5 nitrogen and oxygen atoms in total. The van der Waals surface area contributed by atoms with E-state index >= 15 is 0 Å². The monoisotopic (exact) mass is 380 g/mol. The van der Waals surface area contributed by atoms with Gasteiger partial charge in [-0.3, -0.25) is 20.7 Å². The summed E-state index contributed by atoms with van der Waals surface area (Å²) in [7, 11) is 0. The van der Waals surface area contributed by atoms with Gasteiger partial charge in [-0.25, -0.2) is 0 Å². The van der Waals surface area contributed by atoms with E-state index in [2.05, 4.69) is 21.0 Å². The van der Waals surface area contributed by atoms with Gasteiger partial charge in [-0.1, -0.05) is 65.1 Å². The number of amides is 1. The molecule has 1 amide bonds. The highest BCUT2D eigenvalue weighted by atomic mass is 35.5. The van der Waals surface area contributed by atoms with Gasteiger partial charge in [0.25, 0.3) is 5.91 Å². The summed E-state index contributed by atoms with van der Waals surface area (Å²) in [5.41, 5.74) is 7.43. The van der Waals surface area contributed by atoms with Crippen LogP contribution in [0.15, 0.2) is 48.5 Å². The molecule has 3 N–H and O–H groups in total. The summed E-state index contributed by atoms with van der Waals surface area (Å²) in [6, 6.07) is 14.2. The quantitative estimate of drug-likeness (QED) is 0.569. The van der Waals surface area contributed by atoms with E-state index in [1.807, 2.05) is 30.3 Å². The number of aromatic nitrogens is 2. The van der Waals surface area contributed by atoms with Gasteiger partial charge >= 0.3 is 0 Å². The van der Waals surface area contributed by atoms with E-state index < -0.39 is 5.91 Å². The number of carbonyl (C=O) groups is 1. The third kappa shape index (κ3) is 3.64. The molecular weight excluding hydrogens is 371 g/mol. The second-order valence-corrected chi connectivity index (χ2v) is 6.11. The summed E-state index contributed by atoms with van der Waals surface area (Å²) in [5.74, 6) is -0.410. The molecule has 0 bridgehead atoms. The van der Waals surface area contributed by atoms with E-state index in [9.17, 15) is 4.79 Å². The van der Waals surface area contributed by atoms with Gasteiger partial charge < -0.3 is 0 Å². The number of anilines is 1. The molecule has 0 atom stereocenters. The van der Waals surface area contributed by atoms with Crippen LogP contribution in [-0.2, 0) is 0 Å². The molecule has 0 aliphatic heterocycles. The lowest BCUT2D eigenvalue weighted by Gasteiger charge is -2.11. The summed E-state index contributed by atoms with van der Waals surface area (Å²) in [6.07, 6.45) is 0. The fourth-order valence-electron chi connectivity index (χ4n) is 2.04. The topological polar surface area (TPSA) is 69.8 Å². The average molecular weight is 382 g/mol. The lowest BCUT2D eigenvalue weighted by molar-refractivity contribution is 0.0957. The lowest BCUT2D eigenvalue weighted by atomic mass is 10.1. The predicted molar refractivity (Wildman–Crippen MR) is 96.6 cm³/mol. The maximum atomic E-state index is 12.2. The standard InChI is InChI=1S/C16H11Cl3N4O/c17-10-6-11(18)15(12(19)7-10)22-23-16(24)14-8-13(20-21-14)9-4-2-1-3-5-9/h1-8,22H,(H,20,21)(H,23,24). The van der Waals surface area contributed by atoms with Crippen molar-refractivity contribution in [2.75, 3.05) is 5.43 Å². The molecule has 3 rings (SSSR count).